The molecule has 0 aromatic carbocycles. The summed E-state index contributed by atoms with van der Waals surface area (Å²) in [5, 5.41) is 0. The summed E-state index contributed by atoms with van der Waals surface area (Å²) in [6.45, 7) is 3.81. The van der Waals surface area contributed by atoms with Crippen LogP contribution in [0.2, 0.25) is 0 Å². The first-order valence-corrected chi connectivity index (χ1v) is 5.24. The first-order valence-electron chi connectivity index (χ1n) is 5.24. The Bertz CT molecular complexity index is 305. The highest BCUT2D eigenvalue weighted by molar-refractivity contribution is 5.86. The summed E-state index contributed by atoms with van der Waals surface area (Å²) >= 11 is 0. The average Bonchev–Trinajstić information content (AvgIpc) is 3.05. The molecule has 0 amide bonds. The molecule has 0 radical (unpaired) electrons. The van der Waals surface area contributed by atoms with Crippen LogP contribution in [-0.4, -0.2) is 18.5 Å². The summed E-state index contributed by atoms with van der Waals surface area (Å²) in [4.78, 5) is 22.0. The lowest BCUT2D eigenvalue weighted by Gasteiger charge is -2.05. The Morgan fingerprint density at radius 3 is 2.56 bits per heavy atom. The maximum atomic E-state index is 13.0. The van der Waals surface area contributed by atoms with Crippen molar-refractivity contribution < 1.29 is 23.5 Å². The van der Waals surface area contributed by atoms with Crippen LogP contribution in [-0.2, 0) is 19.1 Å². The van der Waals surface area contributed by atoms with Gasteiger partial charge in [-0.25, -0.2) is 4.79 Å². The molecule has 0 atom stereocenters. The molecule has 0 saturated heterocycles. The highest BCUT2D eigenvalue weighted by Gasteiger charge is 2.31. The van der Waals surface area contributed by atoms with E-state index in [1.807, 2.05) is 13.8 Å². The number of esters is 2. The topological polar surface area (TPSA) is 52.6 Å². The zero-order valence-electron chi connectivity index (χ0n) is 9.36. The molecule has 90 valence electrons. The highest BCUT2D eigenvalue weighted by Crippen LogP contribution is 2.30. The van der Waals surface area contributed by atoms with Gasteiger partial charge in [-0.15, -0.1) is 0 Å². The van der Waals surface area contributed by atoms with Crippen LogP contribution in [0.4, 0.5) is 4.39 Å². The molecule has 0 aromatic heterocycles. The van der Waals surface area contributed by atoms with Gasteiger partial charge in [-0.2, -0.15) is 4.39 Å². The van der Waals surface area contributed by atoms with Gasteiger partial charge < -0.3 is 9.47 Å². The highest BCUT2D eigenvalue weighted by atomic mass is 19.1. The second kappa shape index (κ2) is 5.63. The largest absolute Gasteiger partial charge is 0.460 e. The molecule has 0 aliphatic heterocycles. The third-order valence-electron chi connectivity index (χ3n) is 1.93. The molecule has 0 unspecified atom stereocenters. The van der Waals surface area contributed by atoms with E-state index in [1.165, 1.54) is 0 Å². The van der Waals surface area contributed by atoms with E-state index in [9.17, 15) is 14.0 Å². The Balaban J connectivity index is 2.30. The number of ether oxygens (including phenoxy) is 2. The van der Waals surface area contributed by atoms with Gasteiger partial charge in [-0.05, 0) is 18.8 Å². The van der Waals surface area contributed by atoms with E-state index >= 15 is 0 Å². The van der Waals surface area contributed by atoms with Gasteiger partial charge in [0, 0.05) is 0 Å². The Labute approximate surface area is 93.4 Å². The van der Waals surface area contributed by atoms with Crippen molar-refractivity contribution in [2.75, 3.05) is 6.61 Å². The van der Waals surface area contributed by atoms with Crippen LogP contribution in [0, 0.1) is 11.8 Å². The quantitative estimate of drug-likeness (QED) is 0.411. The number of carbonyl (C=O) groups excluding carboxylic acids is 2. The average molecular weight is 230 g/mol. The minimum Gasteiger partial charge on any atom is -0.460 e. The fourth-order valence-electron chi connectivity index (χ4n) is 0.884. The summed E-state index contributed by atoms with van der Waals surface area (Å²) in [6, 6.07) is 0. The molecule has 1 aliphatic rings. The molecular weight excluding hydrogens is 215 g/mol. The lowest BCUT2D eigenvalue weighted by atomic mass is 10.2. The molecule has 0 N–H and O–H groups in total. The van der Waals surface area contributed by atoms with Crippen molar-refractivity contribution in [1.82, 2.24) is 0 Å². The number of hydrogen-bond acceptors (Lipinski definition) is 4. The van der Waals surface area contributed by atoms with Gasteiger partial charge in [-0.1, -0.05) is 13.8 Å². The minimum atomic E-state index is -1.19. The standard InChI is InChI=1S/C11H15FO4/c1-7(2)5-15-11(14)9(12)6-16-10(13)8-3-4-8/h6-8H,3-5H2,1-2H3. The number of rotatable bonds is 5. The molecule has 1 fully saturated rings. The van der Waals surface area contributed by atoms with Crippen molar-refractivity contribution in [2.45, 2.75) is 26.7 Å². The second-order valence-corrected chi connectivity index (χ2v) is 4.17. The van der Waals surface area contributed by atoms with Gasteiger partial charge in [0.2, 0.25) is 5.83 Å². The van der Waals surface area contributed by atoms with Gasteiger partial charge in [0.05, 0.1) is 12.5 Å². The minimum absolute atomic E-state index is 0.129. The van der Waals surface area contributed by atoms with Crippen LogP contribution < -0.4 is 0 Å². The van der Waals surface area contributed by atoms with Crippen molar-refractivity contribution in [1.29, 1.82) is 0 Å². The van der Waals surface area contributed by atoms with Crippen LogP contribution in [0.25, 0.3) is 0 Å². The third kappa shape index (κ3) is 4.42. The predicted molar refractivity (Wildman–Crippen MR) is 53.8 cm³/mol. The Kier molecular flexibility index (Phi) is 4.46. The summed E-state index contributed by atoms with van der Waals surface area (Å²) < 4.78 is 22.1. The van der Waals surface area contributed by atoms with Crippen LogP contribution >= 0.6 is 0 Å². The fourth-order valence-corrected chi connectivity index (χ4v) is 0.884. The molecule has 4 nitrogen and oxygen atoms in total. The van der Waals surface area contributed by atoms with Gasteiger partial charge in [-0.3, -0.25) is 4.79 Å². The van der Waals surface area contributed by atoms with E-state index in [4.69, 9.17) is 0 Å². The molecular formula is C11H15FO4. The smallest absolute Gasteiger partial charge is 0.370 e. The van der Waals surface area contributed by atoms with Crippen LogP contribution in [0.15, 0.2) is 12.1 Å². The summed E-state index contributed by atoms with van der Waals surface area (Å²) in [6.07, 6.45) is 2.06. The monoisotopic (exact) mass is 230 g/mol. The summed E-state index contributed by atoms with van der Waals surface area (Å²) in [5.74, 6) is -2.78. The Morgan fingerprint density at radius 2 is 2.06 bits per heavy atom. The predicted octanol–water partition coefficient (Wildman–Crippen LogP) is 1.95. The maximum absolute atomic E-state index is 13.0. The molecule has 1 rings (SSSR count). The van der Waals surface area contributed by atoms with E-state index in [1.54, 1.807) is 0 Å². The number of hydrogen-bond donors (Lipinski definition) is 0. The maximum Gasteiger partial charge on any atom is 0.370 e. The van der Waals surface area contributed by atoms with E-state index in [2.05, 4.69) is 9.47 Å². The number of halogens is 1. The third-order valence-corrected chi connectivity index (χ3v) is 1.93. The lowest BCUT2D eigenvalue weighted by Crippen LogP contribution is -2.11. The molecule has 0 aromatic rings. The van der Waals surface area contributed by atoms with Gasteiger partial charge >= 0.3 is 11.9 Å². The first-order chi connectivity index (χ1) is 7.50. The van der Waals surface area contributed by atoms with E-state index < -0.39 is 17.8 Å². The van der Waals surface area contributed by atoms with Gasteiger partial charge in [0.1, 0.15) is 6.26 Å². The zero-order chi connectivity index (χ0) is 12.1. The van der Waals surface area contributed by atoms with Gasteiger partial charge in [0.15, 0.2) is 0 Å². The molecule has 1 aliphatic carbocycles. The van der Waals surface area contributed by atoms with Gasteiger partial charge in [0.25, 0.3) is 0 Å². The molecule has 5 heteroatoms. The SMILES string of the molecule is CC(C)COC(=O)C(F)=COC(=O)C1CC1. The molecule has 0 heterocycles. The van der Waals surface area contributed by atoms with E-state index in [0.717, 1.165) is 12.8 Å². The molecule has 16 heavy (non-hydrogen) atoms. The van der Waals surface area contributed by atoms with Crippen molar-refractivity contribution in [3.05, 3.63) is 12.1 Å². The van der Waals surface area contributed by atoms with Crippen LogP contribution in [0.3, 0.4) is 0 Å². The van der Waals surface area contributed by atoms with E-state index in [0.29, 0.717) is 6.26 Å². The normalized spacial score (nSPS) is 16.1. The zero-order valence-corrected chi connectivity index (χ0v) is 9.36. The molecule has 1 saturated carbocycles. The van der Waals surface area contributed by atoms with E-state index in [-0.39, 0.29) is 18.4 Å². The van der Waals surface area contributed by atoms with Crippen molar-refractivity contribution in [3.8, 4) is 0 Å². The fraction of sp³-hybridized carbons (Fsp3) is 0.636. The van der Waals surface area contributed by atoms with Crippen LogP contribution in [0.1, 0.15) is 26.7 Å². The Morgan fingerprint density at radius 1 is 1.44 bits per heavy atom. The summed E-state index contributed by atoms with van der Waals surface area (Å²) in [5.41, 5.74) is 0. The first kappa shape index (κ1) is 12.7. The van der Waals surface area contributed by atoms with Crippen molar-refractivity contribution in [3.63, 3.8) is 0 Å². The second-order valence-electron chi connectivity index (χ2n) is 4.17. The lowest BCUT2D eigenvalue weighted by molar-refractivity contribution is -0.142. The Hall–Kier alpha value is -1.39. The molecule has 0 bridgehead atoms. The number of carbonyl (C=O) groups is 2. The van der Waals surface area contributed by atoms with Crippen molar-refractivity contribution in [2.24, 2.45) is 11.8 Å². The van der Waals surface area contributed by atoms with Crippen LogP contribution in [0.5, 0.6) is 0 Å². The summed E-state index contributed by atoms with van der Waals surface area (Å²) in [7, 11) is 0. The van der Waals surface area contributed by atoms with Crippen molar-refractivity contribution >= 4 is 11.9 Å². The molecule has 0 spiro atoms.